The van der Waals surface area contributed by atoms with E-state index in [9.17, 15) is 13.2 Å². The summed E-state index contributed by atoms with van der Waals surface area (Å²) in [5.74, 6) is 0.750. The Bertz CT molecular complexity index is 599. The highest BCUT2D eigenvalue weighted by molar-refractivity contribution is 7.89. The Labute approximate surface area is 137 Å². The minimum Gasteiger partial charge on any atom is -0.497 e. The largest absolute Gasteiger partial charge is 0.497 e. The highest BCUT2D eigenvalue weighted by Gasteiger charge is 2.24. The van der Waals surface area contributed by atoms with Gasteiger partial charge in [0.25, 0.3) is 0 Å². The van der Waals surface area contributed by atoms with Gasteiger partial charge in [-0.25, -0.2) is 13.2 Å². The topological polar surface area (TPSA) is 95.9 Å². The third-order valence-electron chi connectivity index (χ3n) is 3.13. The molecule has 0 bridgehead atoms. The summed E-state index contributed by atoms with van der Waals surface area (Å²) in [6.07, 6.45) is -0.701. The molecule has 0 fully saturated rings. The van der Waals surface area contributed by atoms with Gasteiger partial charge in [0.05, 0.1) is 12.0 Å². The van der Waals surface area contributed by atoms with E-state index in [1.807, 2.05) is 13.8 Å². The fourth-order valence-electron chi connectivity index (χ4n) is 2.06. The van der Waals surface area contributed by atoms with Crippen molar-refractivity contribution in [1.29, 1.82) is 0 Å². The SMILES string of the molecule is COc1ccc(S(=O)(=O)N(CCCNC(=O)O)CC(C)C)cc1. The lowest BCUT2D eigenvalue weighted by atomic mass is 10.2. The summed E-state index contributed by atoms with van der Waals surface area (Å²) in [4.78, 5) is 10.6. The maximum atomic E-state index is 12.7. The molecule has 1 aromatic rings. The van der Waals surface area contributed by atoms with Crippen LogP contribution in [0, 0.1) is 5.92 Å². The third kappa shape index (κ3) is 6.07. The predicted octanol–water partition coefficient (Wildman–Crippen LogP) is 2.00. The van der Waals surface area contributed by atoms with Crippen LogP contribution in [0.15, 0.2) is 29.2 Å². The van der Waals surface area contributed by atoms with Crippen molar-refractivity contribution in [2.24, 2.45) is 5.92 Å². The van der Waals surface area contributed by atoms with Crippen molar-refractivity contribution in [1.82, 2.24) is 9.62 Å². The van der Waals surface area contributed by atoms with Crippen LogP contribution in [0.2, 0.25) is 0 Å². The summed E-state index contributed by atoms with van der Waals surface area (Å²) in [7, 11) is -2.10. The van der Waals surface area contributed by atoms with Crippen LogP contribution in [0.4, 0.5) is 4.79 Å². The fraction of sp³-hybridized carbons (Fsp3) is 0.533. The smallest absolute Gasteiger partial charge is 0.404 e. The second-order valence-corrected chi connectivity index (χ2v) is 7.46. The Morgan fingerprint density at radius 3 is 2.39 bits per heavy atom. The van der Waals surface area contributed by atoms with E-state index in [2.05, 4.69) is 5.32 Å². The standard InChI is InChI=1S/C15H24N2O5S/c1-12(2)11-17(10-4-9-16-15(18)19)23(20,21)14-7-5-13(22-3)6-8-14/h5-8,12,16H,4,9-11H2,1-3H3,(H,18,19). The van der Waals surface area contributed by atoms with E-state index in [1.165, 1.54) is 23.5 Å². The van der Waals surface area contributed by atoms with E-state index in [-0.39, 0.29) is 23.9 Å². The summed E-state index contributed by atoms with van der Waals surface area (Å²) in [6.45, 7) is 4.72. The molecule has 0 spiro atoms. The lowest BCUT2D eigenvalue weighted by Crippen LogP contribution is -2.36. The number of methoxy groups -OCH3 is 1. The van der Waals surface area contributed by atoms with E-state index in [0.717, 1.165) is 0 Å². The normalized spacial score (nSPS) is 11.7. The molecule has 0 radical (unpaired) electrons. The zero-order valence-corrected chi connectivity index (χ0v) is 14.5. The van der Waals surface area contributed by atoms with Crippen molar-refractivity contribution in [3.8, 4) is 5.75 Å². The van der Waals surface area contributed by atoms with Crippen LogP contribution in [0.25, 0.3) is 0 Å². The highest BCUT2D eigenvalue weighted by atomic mass is 32.2. The first-order chi connectivity index (χ1) is 10.8. The van der Waals surface area contributed by atoms with E-state index >= 15 is 0 Å². The van der Waals surface area contributed by atoms with Gasteiger partial charge in [0.1, 0.15) is 5.75 Å². The van der Waals surface area contributed by atoms with Gasteiger partial charge in [-0.05, 0) is 36.6 Å². The molecule has 0 aliphatic carbocycles. The van der Waals surface area contributed by atoms with Gasteiger partial charge < -0.3 is 15.2 Å². The lowest BCUT2D eigenvalue weighted by Gasteiger charge is -2.24. The summed E-state index contributed by atoms with van der Waals surface area (Å²) in [5.41, 5.74) is 0. The first-order valence-electron chi connectivity index (χ1n) is 7.38. The van der Waals surface area contributed by atoms with Crippen molar-refractivity contribution < 1.29 is 23.1 Å². The summed E-state index contributed by atoms with van der Waals surface area (Å²) in [5, 5.41) is 10.8. The number of hydrogen-bond donors (Lipinski definition) is 2. The van der Waals surface area contributed by atoms with Crippen LogP contribution >= 0.6 is 0 Å². The zero-order valence-electron chi connectivity index (χ0n) is 13.7. The molecular formula is C15H24N2O5S. The molecule has 8 heteroatoms. The van der Waals surface area contributed by atoms with Crippen molar-refractivity contribution in [3.05, 3.63) is 24.3 Å². The number of sulfonamides is 1. The first-order valence-corrected chi connectivity index (χ1v) is 8.82. The molecule has 0 unspecified atom stereocenters. The molecule has 0 aliphatic rings. The quantitative estimate of drug-likeness (QED) is 0.668. The number of rotatable bonds is 9. The van der Waals surface area contributed by atoms with Gasteiger partial charge in [0.15, 0.2) is 0 Å². The molecule has 0 saturated carbocycles. The summed E-state index contributed by atoms with van der Waals surface area (Å²) in [6, 6.07) is 6.23. The molecule has 7 nitrogen and oxygen atoms in total. The zero-order chi connectivity index (χ0) is 17.5. The molecule has 0 aliphatic heterocycles. The molecule has 0 heterocycles. The molecule has 0 atom stereocenters. The number of carboxylic acid groups (broad SMARTS) is 1. The van der Waals surface area contributed by atoms with Crippen LogP contribution < -0.4 is 10.1 Å². The summed E-state index contributed by atoms with van der Waals surface area (Å²) >= 11 is 0. The van der Waals surface area contributed by atoms with Gasteiger partial charge in [-0.2, -0.15) is 4.31 Å². The average molecular weight is 344 g/mol. The predicted molar refractivity (Wildman–Crippen MR) is 87.2 cm³/mol. The van der Waals surface area contributed by atoms with Crippen LogP contribution in [-0.2, 0) is 10.0 Å². The van der Waals surface area contributed by atoms with Crippen molar-refractivity contribution >= 4 is 16.1 Å². The Kier molecular flexibility index (Phi) is 7.31. The molecule has 23 heavy (non-hydrogen) atoms. The molecule has 1 amide bonds. The van der Waals surface area contributed by atoms with E-state index in [4.69, 9.17) is 9.84 Å². The Morgan fingerprint density at radius 1 is 1.30 bits per heavy atom. The lowest BCUT2D eigenvalue weighted by molar-refractivity contribution is 0.194. The van der Waals surface area contributed by atoms with Gasteiger partial charge in [-0.1, -0.05) is 13.8 Å². The molecule has 0 aromatic heterocycles. The summed E-state index contributed by atoms with van der Waals surface area (Å²) < 4.78 is 31.9. The number of benzene rings is 1. The number of carbonyl (C=O) groups is 1. The van der Waals surface area contributed by atoms with Gasteiger partial charge in [-0.15, -0.1) is 0 Å². The van der Waals surface area contributed by atoms with Crippen molar-refractivity contribution in [3.63, 3.8) is 0 Å². The van der Waals surface area contributed by atoms with Crippen LogP contribution in [0.1, 0.15) is 20.3 Å². The highest BCUT2D eigenvalue weighted by Crippen LogP contribution is 2.20. The number of amides is 1. The third-order valence-corrected chi connectivity index (χ3v) is 5.01. The average Bonchev–Trinajstić information content (AvgIpc) is 2.49. The Hall–Kier alpha value is -1.80. The van der Waals surface area contributed by atoms with Gasteiger partial charge in [0.2, 0.25) is 10.0 Å². The molecule has 0 saturated heterocycles. The van der Waals surface area contributed by atoms with Crippen LogP contribution in [0.3, 0.4) is 0 Å². The second-order valence-electron chi connectivity index (χ2n) is 5.52. The number of nitrogens with one attached hydrogen (secondary N) is 1. The molecule has 1 rings (SSSR count). The van der Waals surface area contributed by atoms with Crippen LogP contribution in [0.5, 0.6) is 5.75 Å². The van der Waals surface area contributed by atoms with Gasteiger partial charge >= 0.3 is 6.09 Å². The maximum Gasteiger partial charge on any atom is 0.404 e. The number of hydrogen-bond acceptors (Lipinski definition) is 4. The monoisotopic (exact) mass is 344 g/mol. The van der Waals surface area contributed by atoms with E-state index in [0.29, 0.717) is 18.7 Å². The Morgan fingerprint density at radius 2 is 1.91 bits per heavy atom. The minimum atomic E-state index is -3.62. The first kappa shape index (κ1) is 19.2. The minimum absolute atomic E-state index is 0.162. The number of nitrogens with zero attached hydrogens (tertiary/aromatic N) is 1. The van der Waals surface area contributed by atoms with E-state index in [1.54, 1.807) is 12.1 Å². The van der Waals surface area contributed by atoms with E-state index < -0.39 is 16.1 Å². The molecule has 130 valence electrons. The fourth-order valence-corrected chi connectivity index (χ4v) is 3.71. The molecule has 1 aromatic carbocycles. The van der Waals surface area contributed by atoms with Gasteiger partial charge in [-0.3, -0.25) is 0 Å². The molecular weight excluding hydrogens is 320 g/mol. The van der Waals surface area contributed by atoms with Crippen molar-refractivity contribution in [2.75, 3.05) is 26.7 Å². The van der Waals surface area contributed by atoms with Crippen LogP contribution in [-0.4, -0.2) is 50.7 Å². The van der Waals surface area contributed by atoms with Crippen molar-refractivity contribution in [2.45, 2.75) is 25.2 Å². The maximum absolute atomic E-state index is 12.7. The van der Waals surface area contributed by atoms with Gasteiger partial charge in [0, 0.05) is 19.6 Å². The second kappa shape index (κ2) is 8.73. The molecule has 2 N–H and O–H groups in total. The number of ether oxygens (including phenoxy) is 1. The Balaban J connectivity index is 2.86.